The molecule has 3 nitrogen and oxygen atoms in total. The molecular formula is C9H6BrNO2S. The number of aliphatic carboxylic acids is 1. The minimum absolute atomic E-state index is 0.251. The molecule has 1 aromatic rings. The highest BCUT2D eigenvalue weighted by Gasteiger charge is 2.07. The molecule has 0 aliphatic carbocycles. The van der Waals surface area contributed by atoms with Crippen molar-refractivity contribution < 1.29 is 9.90 Å². The minimum Gasteiger partial charge on any atom is -0.477 e. The number of aryl methyl sites for hydroxylation is 1. The minimum atomic E-state index is -1.20. The van der Waals surface area contributed by atoms with Gasteiger partial charge < -0.3 is 5.11 Å². The van der Waals surface area contributed by atoms with E-state index in [1.165, 1.54) is 17.4 Å². The maximum Gasteiger partial charge on any atom is 0.346 e. The van der Waals surface area contributed by atoms with Crippen LogP contribution in [0.15, 0.2) is 15.4 Å². The number of carboxylic acid groups (broad SMARTS) is 1. The summed E-state index contributed by atoms with van der Waals surface area (Å²) in [5.74, 6) is -1.20. The van der Waals surface area contributed by atoms with Gasteiger partial charge in [-0.3, -0.25) is 0 Å². The molecule has 1 N–H and O–H groups in total. The molecule has 0 radical (unpaired) electrons. The van der Waals surface area contributed by atoms with E-state index in [1.807, 2.05) is 13.0 Å². The number of hydrogen-bond donors (Lipinski definition) is 1. The van der Waals surface area contributed by atoms with Gasteiger partial charge in [0.15, 0.2) is 0 Å². The average Bonchev–Trinajstić information content (AvgIpc) is 2.41. The fourth-order valence-corrected chi connectivity index (χ4v) is 2.35. The molecule has 0 spiro atoms. The Balaban J connectivity index is 3.08. The lowest BCUT2D eigenvalue weighted by Gasteiger charge is -1.87. The van der Waals surface area contributed by atoms with E-state index in [-0.39, 0.29) is 5.57 Å². The molecule has 0 bridgehead atoms. The fourth-order valence-electron chi connectivity index (χ4n) is 0.839. The number of nitriles is 1. The van der Waals surface area contributed by atoms with Crippen molar-refractivity contribution in [2.45, 2.75) is 6.92 Å². The summed E-state index contributed by atoms with van der Waals surface area (Å²) in [7, 11) is 0. The molecule has 0 saturated heterocycles. The first-order valence-electron chi connectivity index (χ1n) is 3.65. The summed E-state index contributed by atoms with van der Waals surface area (Å²) in [6, 6.07) is 3.46. The molecule has 14 heavy (non-hydrogen) atoms. The van der Waals surface area contributed by atoms with Gasteiger partial charge in [0.2, 0.25) is 0 Å². The van der Waals surface area contributed by atoms with E-state index in [1.54, 1.807) is 6.07 Å². The Morgan fingerprint density at radius 2 is 2.43 bits per heavy atom. The third-order valence-electron chi connectivity index (χ3n) is 1.51. The number of carboxylic acids is 1. The zero-order valence-electron chi connectivity index (χ0n) is 7.24. The van der Waals surface area contributed by atoms with Gasteiger partial charge in [0.05, 0.1) is 3.79 Å². The highest BCUT2D eigenvalue weighted by atomic mass is 79.9. The smallest absolute Gasteiger partial charge is 0.346 e. The van der Waals surface area contributed by atoms with E-state index in [0.717, 1.165) is 14.2 Å². The Morgan fingerprint density at radius 3 is 2.79 bits per heavy atom. The molecule has 0 aliphatic rings. The third-order valence-corrected chi connectivity index (χ3v) is 3.60. The van der Waals surface area contributed by atoms with Crippen LogP contribution >= 0.6 is 27.3 Å². The second-order valence-electron chi connectivity index (χ2n) is 2.58. The number of nitrogens with zero attached hydrogens (tertiary/aromatic N) is 1. The quantitative estimate of drug-likeness (QED) is 0.665. The number of halogens is 1. The van der Waals surface area contributed by atoms with Crippen LogP contribution in [0.2, 0.25) is 0 Å². The van der Waals surface area contributed by atoms with E-state index in [0.29, 0.717) is 0 Å². The van der Waals surface area contributed by atoms with E-state index in [9.17, 15) is 4.79 Å². The van der Waals surface area contributed by atoms with Crippen molar-refractivity contribution in [2.24, 2.45) is 0 Å². The lowest BCUT2D eigenvalue weighted by molar-refractivity contribution is -0.132. The summed E-state index contributed by atoms with van der Waals surface area (Å²) in [5.41, 5.74) is 0.780. The zero-order chi connectivity index (χ0) is 10.7. The Kier molecular flexibility index (Phi) is 3.44. The van der Waals surface area contributed by atoms with Crippen molar-refractivity contribution in [1.82, 2.24) is 0 Å². The molecule has 0 unspecified atom stereocenters. The van der Waals surface area contributed by atoms with Crippen molar-refractivity contribution in [3.63, 3.8) is 0 Å². The molecule has 1 aromatic heterocycles. The molecule has 0 aliphatic heterocycles. The average molecular weight is 272 g/mol. The largest absolute Gasteiger partial charge is 0.477 e. The van der Waals surface area contributed by atoms with Gasteiger partial charge in [-0.1, -0.05) is 0 Å². The highest BCUT2D eigenvalue weighted by molar-refractivity contribution is 9.11. The Labute approximate surface area is 93.4 Å². The number of carbonyl (C=O) groups is 1. The molecule has 5 heteroatoms. The van der Waals surface area contributed by atoms with Gasteiger partial charge in [-0.15, -0.1) is 11.3 Å². The van der Waals surface area contributed by atoms with Gasteiger partial charge in [-0.25, -0.2) is 4.79 Å². The molecule has 1 rings (SSSR count). The standard InChI is InChI=1S/C9H6BrNO2S/c1-5-2-7(14-8(5)10)3-6(4-11)9(12)13/h2-3H,1H3,(H,12,13)/b6-3-. The van der Waals surface area contributed by atoms with Crippen molar-refractivity contribution >= 4 is 39.3 Å². The number of thiophene rings is 1. The van der Waals surface area contributed by atoms with Gasteiger partial charge in [0.25, 0.3) is 0 Å². The normalized spacial score (nSPS) is 11.1. The van der Waals surface area contributed by atoms with Crippen LogP contribution in [0.1, 0.15) is 10.4 Å². The van der Waals surface area contributed by atoms with Gasteiger partial charge in [0.1, 0.15) is 11.6 Å². The molecule has 72 valence electrons. The van der Waals surface area contributed by atoms with Crippen molar-refractivity contribution in [1.29, 1.82) is 5.26 Å². The summed E-state index contributed by atoms with van der Waals surface area (Å²) in [6.07, 6.45) is 1.37. The first kappa shape index (κ1) is 11.0. The summed E-state index contributed by atoms with van der Waals surface area (Å²) in [4.78, 5) is 11.3. The van der Waals surface area contributed by atoms with Crippen molar-refractivity contribution in [3.05, 3.63) is 25.9 Å². The SMILES string of the molecule is Cc1cc(/C=C(/C#N)C(=O)O)sc1Br. The predicted octanol–water partition coefficient (Wildman–Crippen LogP) is 2.81. The molecule has 0 amide bonds. The molecule has 0 aromatic carbocycles. The van der Waals surface area contributed by atoms with Crippen LogP contribution in [0.25, 0.3) is 6.08 Å². The van der Waals surface area contributed by atoms with Gasteiger partial charge in [-0.05, 0) is 40.6 Å². The van der Waals surface area contributed by atoms with Crippen molar-refractivity contribution in [2.75, 3.05) is 0 Å². The highest BCUT2D eigenvalue weighted by Crippen LogP contribution is 2.28. The van der Waals surface area contributed by atoms with Crippen molar-refractivity contribution in [3.8, 4) is 6.07 Å². The summed E-state index contributed by atoms with van der Waals surface area (Å²) >= 11 is 4.73. The Morgan fingerprint density at radius 1 is 1.79 bits per heavy atom. The van der Waals surface area contributed by atoms with Gasteiger partial charge in [0, 0.05) is 4.88 Å². The maximum atomic E-state index is 10.5. The van der Waals surface area contributed by atoms with E-state index < -0.39 is 5.97 Å². The maximum absolute atomic E-state index is 10.5. The second kappa shape index (κ2) is 4.40. The topological polar surface area (TPSA) is 61.1 Å². The van der Waals surface area contributed by atoms with E-state index >= 15 is 0 Å². The summed E-state index contributed by atoms with van der Waals surface area (Å²) < 4.78 is 0.950. The van der Waals surface area contributed by atoms with Crippen LogP contribution in [0.5, 0.6) is 0 Å². The Bertz CT molecular complexity index is 423. The summed E-state index contributed by atoms with van der Waals surface area (Å²) in [5, 5.41) is 17.1. The molecule has 0 saturated carbocycles. The molecule has 0 fully saturated rings. The number of rotatable bonds is 2. The van der Waals surface area contributed by atoms with Crippen LogP contribution in [-0.4, -0.2) is 11.1 Å². The van der Waals surface area contributed by atoms with Gasteiger partial charge >= 0.3 is 5.97 Å². The first-order valence-corrected chi connectivity index (χ1v) is 5.26. The molecule has 0 atom stereocenters. The van der Waals surface area contributed by atoms with E-state index in [2.05, 4.69) is 15.9 Å². The monoisotopic (exact) mass is 271 g/mol. The Hall–Kier alpha value is -1.12. The van der Waals surface area contributed by atoms with Crippen LogP contribution in [0, 0.1) is 18.3 Å². The van der Waals surface area contributed by atoms with E-state index in [4.69, 9.17) is 10.4 Å². The van der Waals surface area contributed by atoms with Crippen LogP contribution < -0.4 is 0 Å². The predicted molar refractivity (Wildman–Crippen MR) is 58.0 cm³/mol. The lowest BCUT2D eigenvalue weighted by atomic mass is 10.2. The van der Waals surface area contributed by atoms with Crippen LogP contribution in [-0.2, 0) is 4.79 Å². The zero-order valence-corrected chi connectivity index (χ0v) is 9.65. The second-order valence-corrected chi connectivity index (χ2v) is 4.98. The molecule has 1 heterocycles. The third kappa shape index (κ3) is 2.44. The summed E-state index contributed by atoms with van der Waals surface area (Å²) in [6.45, 7) is 1.91. The van der Waals surface area contributed by atoms with Gasteiger partial charge in [-0.2, -0.15) is 5.26 Å². The molecular weight excluding hydrogens is 266 g/mol. The number of hydrogen-bond acceptors (Lipinski definition) is 3. The first-order chi connectivity index (χ1) is 6.54. The van der Waals surface area contributed by atoms with Crippen LogP contribution in [0.4, 0.5) is 0 Å². The lowest BCUT2D eigenvalue weighted by Crippen LogP contribution is -1.96. The van der Waals surface area contributed by atoms with Crippen LogP contribution in [0.3, 0.4) is 0 Å². The fraction of sp³-hybridized carbons (Fsp3) is 0.111.